The molecule has 0 saturated carbocycles. The summed E-state index contributed by atoms with van der Waals surface area (Å²) in [5, 5.41) is 5.01. The predicted octanol–water partition coefficient (Wildman–Crippen LogP) is 4.80. The molecule has 1 aliphatic heterocycles. The van der Waals surface area contributed by atoms with Crippen LogP contribution in [0.1, 0.15) is 33.3 Å². The van der Waals surface area contributed by atoms with Crippen molar-refractivity contribution in [3.05, 3.63) is 66.2 Å². The number of hydrogen-bond acceptors (Lipinski definition) is 6. The van der Waals surface area contributed by atoms with E-state index in [1.165, 1.54) is 23.7 Å². The summed E-state index contributed by atoms with van der Waals surface area (Å²) in [6.07, 6.45) is -0.612. The van der Waals surface area contributed by atoms with E-state index in [1.54, 1.807) is 32.6 Å². The lowest BCUT2D eigenvalue weighted by Gasteiger charge is -2.30. The second kappa shape index (κ2) is 10.9. The van der Waals surface area contributed by atoms with E-state index in [0.717, 1.165) is 21.2 Å². The number of nitrogens with one attached hydrogen (secondary N) is 1. The minimum absolute atomic E-state index is 0.241. The van der Waals surface area contributed by atoms with Crippen LogP contribution in [0.15, 0.2) is 65.6 Å². The van der Waals surface area contributed by atoms with Gasteiger partial charge in [-0.05, 0) is 56.2 Å². The fraction of sp³-hybridized carbons (Fsp3) is 0.345. The van der Waals surface area contributed by atoms with Crippen molar-refractivity contribution in [3.63, 3.8) is 0 Å². The number of benzene rings is 3. The molecule has 3 aromatic rings. The number of ether oxygens (including phenoxy) is 1. The van der Waals surface area contributed by atoms with Crippen molar-refractivity contribution in [3.8, 4) is 0 Å². The van der Waals surface area contributed by atoms with Gasteiger partial charge in [0.2, 0.25) is 5.91 Å². The smallest absolute Gasteiger partial charge is 0.410 e. The summed E-state index contributed by atoms with van der Waals surface area (Å²) in [5.74, 6) is -0.377. The van der Waals surface area contributed by atoms with Crippen LogP contribution in [0.3, 0.4) is 0 Å². The molecule has 0 spiro atoms. The quantitative estimate of drug-likeness (QED) is 0.456. The Morgan fingerprint density at radius 2 is 1.82 bits per heavy atom. The topological polar surface area (TPSA) is 105 Å². The van der Waals surface area contributed by atoms with Gasteiger partial charge in [-0.1, -0.05) is 48.5 Å². The number of rotatable bonds is 5. The van der Waals surface area contributed by atoms with Crippen molar-refractivity contribution < 1.29 is 19.1 Å². The molecule has 3 N–H and O–H groups in total. The molecule has 200 valence electrons. The Morgan fingerprint density at radius 1 is 1.13 bits per heavy atom. The summed E-state index contributed by atoms with van der Waals surface area (Å²) in [6, 6.07) is 17.9. The lowest BCUT2D eigenvalue weighted by atomic mass is 10.0. The summed E-state index contributed by atoms with van der Waals surface area (Å²) in [4.78, 5) is 43.4. The molecule has 1 aliphatic rings. The van der Waals surface area contributed by atoms with Crippen molar-refractivity contribution in [2.75, 3.05) is 23.4 Å². The van der Waals surface area contributed by atoms with Gasteiger partial charge in [0.25, 0.3) is 5.91 Å². The molecule has 8 nitrogen and oxygen atoms in total. The van der Waals surface area contributed by atoms with Gasteiger partial charge >= 0.3 is 6.09 Å². The van der Waals surface area contributed by atoms with E-state index in [1.807, 2.05) is 60.7 Å². The highest BCUT2D eigenvalue weighted by molar-refractivity contribution is 7.99. The number of hydrogen-bond donors (Lipinski definition) is 2. The number of thioether (sulfide) groups is 1. The Hall–Kier alpha value is -3.72. The Bertz CT molecular complexity index is 1360. The lowest BCUT2D eigenvalue weighted by Crippen LogP contribution is -2.54. The summed E-state index contributed by atoms with van der Waals surface area (Å²) in [7, 11) is 1.51. The molecule has 0 saturated heterocycles. The molecule has 0 aromatic heterocycles. The Kier molecular flexibility index (Phi) is 7.87. The van der Waals surface area contributed by atoms with Crippen molar-refractivity contribution in [1.82, 2.24) is 10.2 Å². The third-order valence-electron chi connectivity index (χ3n) is 6.44. The van der Waals surface area contributed by atoms with Crippen LogP contribution in [0.4, 0.5) is 16.2 Å². The van der Waals surface area contributed by atoms with Crippen LogP contribution >= 0.6 is 11.8 Å². The highest BCUT2D eigenvalue weighted by Gasteiger charge is 2.35. The van der Waals surface area contributed by atoms with Gasteiger partial charge in [0.05, 0.1) is 17.1 Å². The number of likely N-dealkylation sites (N-methyl/N-ethyl adjacent to an activating group) is 1. The zero-order valence-electron chi connectivity index (χ0n) is 22.4. The number of amides is 3. The van der Waals surface area contributed by atoms with Gasteiger partial charge in [0, 0.05) is 18.5 Å². The van der Waals surface area contributed by atoms with E-state index >= 15 is 0 Å². The first-order valence-electron chi connectivity index (χ1n) is 12.5. The van der Waals surface area contributed by atoms with Gasteiger partial charge in [0.1, 0.15) is 17.7 Å². The van der Waals surface area contributed by atoms with Crippen molar-refractivity contribution in [2.45, 2.75) is 56.8 Å². The average molecular weight is 535 g/mol. The van der Waals surface area contributed by atoms with Crippen molar-refractivity contribution >= 4 is 51.8 Å². The highest BCUT2D eigenvalue weighted by atomic mass is 32.2. The Labute approximate surface area is 227 Å². The number of carbonyl (C=O) groups excluding carboxylic acids is 3. The van der Waals surface area contributed by atoms with Crippen molar-refractivity contribution in [2.24, 2.45) is 0 Å². The Balaban J connectivity index is 1.61. The molecule has 38 heavy (non-hydrogen) atoms. The average Bonchev–Trinajstić information content (AvgIpc) is 3.00. The van der Waals surface area contributed by atoms with Gasteiger partial charge in [-0.25, -0.2) is 4.79 Å². The zero-order valence-corrected chi connectivity index (χ0v) is 23.2. The van der Waals surface area contributed by atoms with Gasteiger partial charge < -0.3 is 20.7 Å². The third kappa shape index (κ3) is 5.88. The fourth-order valence-electron chi connectivity index (χ4n) is 4.28. The van der Waals surface area contributed by atoms with Crippen LogP contribution < -0.4 is 16.0 Å². The van der Waals surface area contributed by atoms with Crippen molar-refractivity contribution in [1.29, 1.82) is 0 Å². The second-order valence-electron chi connectivity index (χ2n) is 10.4. The van der Waals surface area contributed by atoms with Gasteiger partial charge in [-0.15, -0.1) is 11.8 Å². The minimum atomic E-state index is -0.843. The number of nitrogens with two attached hydrogens (primary N) is 1. The van der Waals surface area contributed by atoms with Gasteiger partial charge in [0.15, 0.2) is 0 Å². The number of carbonyl (C=O) groups is 3. The number of anilines is 2. The standard InChI is InChI=1S/C29H34N4O4S/c1-18(32(5)28(36)37-29(2,3)4)26(34)31-23-17-38-25-22(30)14-9-15-24(25)33(27(23)35)16-20-12-8-11-19-10-6-7-13-21(19)20/h6-15,18,23H,16-17,30H2,1-5H3,(H,31,34)/t18-,23-/m0/s1. The van der Waals surface area contributed by atoms with Crippen LogP contribution in [0.25, 0.3) is 10.8 Å². The largest absolute Gasteiger partial charge is 0.444 e. The first kappa shape index (κ1) is 27.3. The maximum absolute atomic E-state index is 14.0. The molecule has 0 radical (unpaired) electrons. The lowest BCUT2D eigenvalue weighted by molar-refractivity contribution is -0.129. The zero-order chi connectivity index (χ0) is 27.6. The molecule has 3 aromatic carbocycles. The molecule has 0 aliphatic carbocycles. The minimum Gasteiger partial charge on any atom is -0.444 e. The predicted molar refractivity (Wildman–Crippen MR) is 152 cm³/mol. The summed E-state index contributed by atoms with van der Waals surface area (Å²) in [5.41, 5.74) is 7.90. The first-order chi connectivity index (χ1) is 18.0. The molecule has 2 atom stereocenters. The number of fused-ring (bicyclic) bond motifs is 2. The fourth-order valence-corrected chi connectivity index (χ4v) is 5.40. The number of nitrogen functional groups attached to an aromatic ring is 1. The molecule has 0 fully saturated rings. The maximum atomic E-state index is 14.0. The first-order valence-corrected chi connectivity index (χ1v) is 13.5. The second-order valence-corrected chi connectivity index (χ2v) is 11.4. The monoisotopic (exact) mass is 534 g/mol. The molecule has 4 rings (SSSR count). The molecule has 0 bridgehead atoms. The van der Waals surface area contributed by atoms with Crippen LogP contribution in [0.5, 0.6) is 0 Å². The molecular weight excluding hydrogens is 500 g/mol. The molecule has 1 heterocycles. The summed E-state index contributed by atoms with van der Waals surface area (Å²) < 4.78 is 5.39. The highest BCUT2D eigenvalue weighted by Crippen LogP contribution is 2.39. The summed E-state index contributed by atoms with van der Waals surface area (Å²) >= 11 is 1.43. The number of nitrogens with zero attached hydrogens (tertiary/aromatic N) is 2. The van der Waals surface area contributed by atoms with E-state index < -0.39 is 29.7 Å². The van der Waals surface area contributed by atoms with Gasteiger partial charge in [-0.2, -0.15) is 0 Å². The molecule has 0 unspecified atom stereocenters. The normalized spacial score (nSPS) is 16.4. The molecular formula is C29H34N4O4S. The molecule has 3 amide bonds. The van der Waals surface area contributed by atoms with Crippen LogP contribution in [0.2, 0.25) is 0 Å². The van der Waals surface area contributed by atoms with E-state index in [0.29, 0.717) is 23.7 Å². The van der Waals surface area contributed by atoms with Crippen LogP contribution in [-0.2, 0) is 20.9 Å². The molecule has 9 heteroatoms. The van der Waals surface area contributed by atoms with Gasteiger partial charge in [-0.3, -0.25) is 14.5 Å². The van der Waals surface area contributed by atoms with E-state index in [4.69, 9.17) is 10.5 Å². The third-order valence-corrected chi connectivity index (χ3v) is 7.67. The summed E-state index contributed by atoms with van der Waals surface area (Å²) in [6.45, 7) is 7.21. The van der Waals surface area contributed by atoms with Crippen LogP contribution in [-0.4, -0.2) is 53.3 Å². The van der Waals surface area contributed by atoms with E-state index in [9.17, 15) is 14.4 Å². The SMILES string of the molecule is C[C@@H](C(=O)N[C@H]1CSc2c(N)cccc2N(Cc2cccc3ccccc23)C1=O)N(C)C(=O)OC(C)(C)C. The maximum Gasteiger partial charge on any atom is 0.410 e. The Morgan fingerprint density at radius 3 is 2.55 bits per heavy atom. The van der Waals surface area contributed by atoms with E-state index in [-0.39, 0.29) is 5.91 Å². The van der Waals surface area contributed by atoms with Crippen LogP contribution in [0, 0.1) is 0 Å². The van der Waals surface area contributed by atoms with E-state index in [2.05, 4.69) is 5.32 Å².